The average Bonchev–Trinajstić information content (AvgIpc) is 3.08. The number of H-pyrrole nitrogens is 1. The maximum Gasteiger partial charge on any atom is 0.233 e. The molecule has 106 valence electrons. The van der Waals surface area contributed by atoms with Crippen LogP contribution in [0.25, 0.3) is 33.5 Å². The highest BCUT2D eigenvalue weighted by atomic mass is 16.3. The van der Waals surface area contributed by atoms with E-state index in [-0.39, 0.29) is 5.88 Å². The molecule has 0 amide bonds. The van der Waals surface area contributed by atoms with Crippen molar-refractivity contribution in [3.05, 3.63) is 48.5 Å². The molecule has 21 heavy (non-hydrogen) atoms. The van der Waals surface area contributed by atoms with E-state index in [4.69, 9.17) is 4.42 Å². The fourth-order valence-corrected chi connectivity index (χ4v) is 2.32. The number of nitrogens with zero attached hydrogens (tertiary/aromatic N) is 1. The summed E-state index contributed by atoms with van der Waals surface area (Å²) in [5.74, 6) is 0.504. The van der Waals surface area contributed by atoms with Gasteiger partial charge in [0.2, 0.25) is 11.8 Å². The Balaban J connectivity index is 0.000000636. The molecule has 0 aliphatic heterocycles. The fourth-order valence-electron chi connectivity index (χ4n) is 2.32. The standard InChI is InChI=1S/C15H10N2O2.C2H6/c18-14-13(9-5-1-2-6-10(9)16-14)15-17-11-7-3-4-8-12(11)19-15;1-2/h1-8,16,18H;1-2H3. The zero-order chi connectivity index (χ0) is 14.8. The van der Waals surface area contributed by atoms with Gasteiger partial charge in [0, 0.05) is 10.9 Å². The SMILES string of the molecule is CC.Oc1[nH]c2ccccc2c1-c1nc2ccccc2o1. The normalized spacial score (nSPS) is 10.6. The predicted molar refractivity (Wildman–Crippen MR) is 84.3 cm³/mol. The third kappa shape index (κ3) is 2.14. The lowest BCUT2D eigenvalue weighted by Crippen LogP contribution is -1.75. The van der Waals surface area contributed by atoms with Gasteiger partial charge in [0.1, 0.15) is 11.1 Å². The number of hydrogen-bond acceptors (Lipinski definition) is 3. The van der Waals surface area contributed by atoms with Crippen LogP contribution in [0, 0.1) is 0 Å². The molecule has 4 nitrogen and oxygen atoms in total. The van der Waals surface area contributed by atoms with E-state index < -0.39 is 0 Å². The number of aromatic amines is 1. The van der Waals surface area contributed by atoms with E-state index in [1.165, 1.54) is 0 Å². The van der Waals surface area contributed by atoms with Crippen LogP contribution in [-0.2, 0) is 0 Å². The molecule has 4 aromatic rings. The zero-order valence-corrected chi connectivity index (χ0v) is 11.9. The van der Waals surface area contributed by atoms with Crippen molar-refractivity contribution in [3.63, 3.8) is 0 Å². The second-order valence-corrected chi connectivity index (χ2v) is 4.38. The van der Waals surface area contributed by atoms with Crippen LogP contribution in [0.15, 0.2) is 52.9 Å². The minimum Gasteiger partial charge on any atom is -0.494 e. The van der Waals surface area contributed by atoms with E-state index >= 15 is 0 Å². The van der Waals surface area contributed by atoms with Gasteiger partial charge in [-0.25, -0.2) is 4.98 Å². The van der Waals surface area contributed by atoms with Gasteiger partial charge in [0.05, 0.1) is 0 Å². The topological polar surface area (TPSA) is 62.0 Å². The lowest BCUT2D eigenvalue weighted by Gasteiger charge is -1.93. The molecule has 0 aliphatic rings. The van der Waals surface area contributed by atoms with Gasteiger partial charge in [-0.3, -0.25) is 0 Å². The van der Waals surface area contributed by atoms with Crippen molar-refractivity contribution in [2.45, 2.75) is 13.8 Å². The minimum atomic E-state index is 0.0766. The van der Waals surface area contributed by atoms with Gasteiger partial charge in [-0.15, -0.1) is 0 Å². The lowest BCUT2D eigenvalue weighted by molar-refractivity contribution is 0.457. The zero-order valence-electron chi connectivity index (χ0n) is 11.9. The number of aromatic nitrogens is 2. The third-order valence-corrected chi connectivity index (χ3v) is 3.19. The Morgan fingerprint density at radius 1 is 1.00 bits per heavy atom. The first-order valence-electron chi connectivity index (χ1n) is 6.98. The van der Waals surface area contributed by atoms with Crippen LogP contribution in [0.3, 0.4) is 0 Å². The largest absolute Gasteiger partial charge is 0.494 e. The fraction of sp³-hybridized carbons (Fsp3) is 0.118. The van der Waals surface area contributed by atoms with Gasteiger partial charge < -0.3 is 14.5 Å². The van der Waals surface area contributed by atoms with Crippen LogP contribution in [0.5, 0.6) is 5.88 Å². The van der Waals surface area contributed by atoms with Crippen LogP contribution in [0.2, 0.25) is 0 Å². The number of aromatic hydroxyl groups is 1. The molecule has 0 atom stereocenters. The quantitative estimate of drug-likeness (QED) is 0.531. The predicted octanol–water partition coefficient (Wildman–Crippen LogP) is 4.71. The Morgan fingerprint density at radius 3 is 2.52 bits per heavy atom. The van der Waals surface area contributed by atoms with Crippen LogP contribution >= 0.6 is 0 Å². The Labute approximate surface area is 122 Å². The van der Waals surface area contributed by atoms with Crippen molar-refractivity contribution >= 4 is 22.0 Å². The first-order chi connectivity index (χ1) is 10.3. The van der Waals surface area contributed by atoms with Gasteiger partial charge in [-0.05, 0) is 18.2 Å². The highest BCUT2D eigenvalue weighted by molar-refractivity contribution is 5.97. The molecule has 0 radical (unpaired) electrons. The number of hydrogen-bond donors (Lipinski definition) is 2. The third-order valence-electron chi connectivity index (χ3n) is 3.19. The number of benzene rings is 2. The van der Waals surface area contributed by atoms with Crippen molar-refractivity contribution in [1.29, 1.82) is 0 Å². The number of rotatable bonds is 1. The number of nitrogens with one attached hydrogen (secondary N) is 1. The molecule has 0 spiro atoms. The summed E-state index contributed by atoms with van der Waals surface area (Å²) in [6.07, 6.45) is 0. The Kier molecular flexibility index (Phi) is 3.36. The first kappa shape index (κ1) is 13.2. The molecule has 4 heteroatoms. The summed E-state index contributed by atoms with van der Waals surface area (Å²) in [6, 6.07) is 15.2. The van der Waals surface area contributed by atoms with Crippen LogP contribution in [0.4, 0.5) is 0 Å². The summed E-state index contributed by atoms with van der Waals surface area (Å²) in [7, 11) is 0. The molecule has 2 aromatic heterocycles. The van der Waals surface area contributed by atoms with Crippen LogP contribution < -0.4 is 0 Å². The average molecular weight is 280 g/mol. The van der Waals surface area contributed by atoms with Crippen molar-refractivity contribution in [3.8, 4) is 17.3 Å². The molecular formula is C17H16N2O2. The molecule has 0 saturated carbocycles. The number of fused-ring (bicyclic) bond motifs is 2. The second kappa shape index (κ2) is 5.32. The van der Waals surface area contributed by atoms with Crippen LogP contribution in [0.1, 0.15) is 13.8 Å². The van der Waals surface area contributed by atoms with E-state index in [0.717, 1.165) is 16.4 Å². The molecule has 2 N–H and O–H groups in total. The van der Waals surface area contributed by atoms with Crippen molar-refractivity contribution < 1.29 is 9.52 Å². The Morgan fingerprint density at radius 2 is 1.71 bits per heavy atom. The summed E-state index contributed by atoms with van der Waals surface area (Å²) in [5.41, 5.74) is 2.95. The van der Waals surface area contributed by atoms with Crippen LogP contribution in [-0.4, -0.2) is 15.1 Å². The summed E-state index contributed by atoms with van der Waals surface area (Å²) in [5, 5.41) is 11.0. The molecule has 0 aliphatic carbocycles. The monoisotopic (exact) mass is 280 g/mol. The van der Waals surface area contributed by atoms with Gasteiger partial charge in [0.15, 0.2) is 5.58 Å². The number of oxazole rings is 1. The molecule has 0 unspecified atom stereocenters. The minimum absolute atomic E-state index is 0.0766. The van der Waals surface area contributed by atoms with Gasteiger partial charge in [-0.1, -0.05) is 44.2 Å². The first-order valence-corrected chi connectivity index (χ1v) is 6.98. The van der Waals surface area contributed by atoms with E-state index in [0.29, 0.717) is 17.0 Å². The van der Waals surface area contributed by atoms with E-state index in [9.17, 15) is 5.11 Å². The maximum absolute atomic E-state index is 10.1. The number of para-hydroxylation sites is 3. The molecule has 0 bridgehead atoms. The Bertz CT molecular complexity index is 857. The van der Waals surface area contributed by atoms with Crippen molar-refractivity contribution in [2.75, 3.05) is 0 Å². The van der Waals surface area contributed by atoms with Gasteiger partial charge in [0.25, 0.3) is 0 Å². The molecule has 0 fully saturated rings. The molecule has 2 aromatic carbocycles. The summed E-state index contributed by atoms with van der Waals surface area (Å²) in [6.45, 7) is 4.00. The van der Waals surface area contributed by atoms with E-state index in [2.05, 4.69) is 9.97 Å². The molecule has 0 saturated heterocycles. The summed E-state index contributed by atoms with van der Waals surface area (Å²) in [4.78, 5) is 7.34. The van der Waals surface area contributed by atoms with Crippen molar-refractivity contribution in [2.24, 2.45) is 0 Å². The molecule has 4 rings (SSSR count). The second-order valence-electron chi connectivity index (χ2n) is 4.38. The molecule has 2 heterocycles. The van der Waals surface area contributed by atoms with E-state index in [1.807, 2.05) is 62.4 Å². The summed E-state index contributed by atoms with van der Waals surface area (Å²) < 4.78 is 5.71. The maximum atomic E-state index is 10.1. The highest BCUT2D eigenvalue weighted by Gasteiger charge is 2.17. The highest BCUT2D eigenvalue weighted by Crippen LogP contribution is 2.37. The summed E-state index contributed by atoms with van der Waals surface area (Å²) >= 11 is 0. The molecular weight excluding hydrogens is 264 g/mol. The van der Waals surface area contributed by atoms with E-state index in [1.54, 1.807) is 0 Å². The smallest absolute Gasteiger partial charge is 0.233 e. The van der Waals surface area contributed by atoms with Gasteiger partial charge in [-0.2, -0.15) is 0 Å². The van der Waals surface area contributed by atoms with Gasteiger partial charge >= 0.3 is 0 Å². The lowest BCUT2D eigenvalue weighted by atomic mass is 10.2. The van der Waals surface area contributed by atoms with Crippen molar-refractivity contribution in [1.82, 2.24) is 9.97 Å². The Hall–Kier alpha value is -2.75.